The van der Waals surface area contributed by atoms with E-state index in [1.54, 1.807) is 42.5 Å². The second-order valence-corrected chi connectivity index (χ2v) is 12.5. The molecule has 1 aromatic heterocycles. The Bertz CT molecular complexity index is 1670. The highest BCUT2D eigenvalue weighted by Gasteiger charge is 2.48. The normalized spacial score (nSPS) is 19.6. The quantitative estimate of drug-likeness (QED) is 0.0820. The third-order valence-electron chi connectivity index (χ3n) is 6.66. The van der Waals surface area contributed by atoms with E-state index in [1.807, 2.05) is 31.2 Å². The molecular weight excluding hydrogens is 589 g/mol. The van der Waals surface area contributed by atoms with E-state index in [4.69, 9.17) is 27.9 Å². The number of ketones is 1. The van der Waals surface area contributed by atoms with Gasteiger partial charge in [-0.15, -0.1) is 10.2 Å². The van der Waals surface area contributed by atoms with Crippen LogP contribution in [0.5, 0.6) is 5.75 Å². The first-order chi connectivity index (χ1) is 19.3. The molecule has 2 aliphatic heterocycles. The predicted molar refractivity (Wildman–Crippen MR) is 157 cm³/mol. The molecule has 1 N–H and O–H groups in total. The molecule has 1 amide bonds. The largest absolute Gasteiger partial charge is 0.507 e. The number of benzene rings is 3. The van der Waals surface area contributed by atoms with Gasteiger partial charge in [0, 0.05) is 27.8 Å². The molecule has 40 heavy (non-hydrogen) atoms. The summed E-state index contributed by atoms with van der Waals surface area (Å²) in [6.07, 6.45) is 0.706. The van der Waals surface area contributed by atoms with Crippen molar-refractivity contribution in [3.63, 3.8) is 0 Å². The van der Waals surface area contributed by atoms with E-state index in [2.05, 4.69) is 10.2 Å². The van der Waals surface area contributed by atoms with Crippen LogP contribution in [0.4, 0.5) is 5.13 Å². The number of rotatable bonds is 6. The Hall–Kier alpha value is -3.37. The molecule has 2 aliphatic rings. The Balaban J connectivity index is 1.38. The zero-order valence-electron chi connectivity index (χ0n) is 21.0. The highest BCUT2D eigenvalue weighted by molar-refractivity contribution is 8.00. The lowest BCUT2D eigenvalue weighted by Gasteiger charge is -2.22. The summed E-state index contributed by atoms with van der Waals surface area (Å²) in [4.78, 5) is 28.2. The minimum absolute atomic E-state index is 0.0218. The summed E-state index contributed by atoms with van der Waals surface area (Å²) in [5.74, 6) is -0.500. The van der Waals surface area contributed by atoms with E-state index in [9.17, 15) is 14.7 Å². The maximum absolute atomic E-state index is 13.5. The van der Waals surface area contributed by atoms with Crippen LogP contribution >= 0.6 is 46.3 Å². The van der Waals surface area contributed by atoms with Gasteiger partial charge < -0.3 is 9.84 Å². The van der Waals surface area contributed by atoms with Crippen molar-refractivity contribution in [2.24, 2.45) is 0 Å². The molecule has 0 radical (unpaired) electrons. The Labute approximate surface area is 248 Å². The molecule has 7 nitrogen and oxygen atoms in total. The lowest BCUT2D eigenvalue weighted by Crippen LogP contribution is -2.29. The van der Waals surface area contributed by atoms with Crippen molar-refractivity contribution in [2.75, 3.05) is 4.90 Å². The monoisotopic (exact) mass is 609 g/mol. The standard InChI is InChI=1S/C29H21Cl2N3O4S2/c1-15-11-19-12-18(7-10-22(19)38-15)25(35)23-24(17-3-2-4-21(31)13-17)34(27(37)26(23)36)28-32-33-29(40-28)39-14-16-5-8-20(30)9-6-16/h2-10,12-13,15,24,35H,11,14H2,1H3/b25-23+. The predicted octanol–water partition coefficient (Wildman–Crippen LogP) is 7.09. The number of Topliss-reactive ketones (excluding diaryl/α,β-unsaturated/α-hetero) is 1. The molecule has 202 valence electrons. The van der Waals surface area contributed by atoms with Crippen molar-refractivity contribution in [3.8, 4) is 5.75 Å². The van der Waals surface area contributed by atoms with Crippen LogP contribution in [-0.4, -0.2) is 33.1 Å². The summed E-state index contributed by atoms with van der Waals surface area (Å²) >= 11 is 14.9. The Morgan fingerprint density at radius 2 is 1.88 bits per heavy atom. The number of nitrogens with zero attached hydrogens (tertiary/aromatic N) is 3. The number of thioether (sulfide) groups is 1. The first kappa shape index (κ1) is 26.8. The van der Waals surface area contributed by atoms with Crippen LogP contribution < -0.4 is 9.64 Å². The highest BCUT2D eigenvalue weighted by atomic mass is 35.5. The van der Waals surface area contributed by atoms with Crippen LogP contribution in [0, 0.1) is 0 Å². The van der Waals surface area contributed by atoms with E-state index in [0.717, 1.165) is 16.9 Å². The van der Waals surface area contributed by atoms with Crippen LogP contribution in [0.1, 0.15) is 35.2 Å². The molecule has 0 bridgehead atoms. The number of hydrogen-bond acceptors (Lipinski definition) is 8. The van der Waals surface area contributed by atoms with Gasteiger partial charge in [0.15, 0.2) is 4.34 Å². The van der Waals surface area contributed by atoms with Gasteiger partial charge in [0.2, 0.25) is 5.13 Å². The van der Waals surface area contributed by atoms with Gasteiger partial charge in [-0.25, -0.2) is 0 Å². The average molecular weight is 611 g/mol. The summed E-state index contributed by atoms with van der Waals surface area (Å²) in [7, 11) is 0. The molecule has 0 spiro atoms. The summed E-state index contributed by atoms with van der Waals surface area (Å²) in [5, 5.41) is 21.3. The zero-order valence-corrected chi connectivity index (χ0v) is 24.2. The van der Waals surface area contributed by atoms with Gasteiger partial charge in [-0.05, 0) is 66.1 Å². The molecular formula is C29H21Cl2N3O4S2. The van der Waals surface area contributed by atoms with E-state index in [1.165, 1.54) is 28.0 Å². The second kappa shape index (κ2) is 10.9. The van der Waals surface area contributed by atoms with Gasteiger partial charge in [-0.3, -0.25) is 14.5 Å². The first-order valence-electron chi connectivity index (χ1n) is 12.4. The summed E-state index contributed by atoms with van der Waals surface area (Å²) < 4.78 is 6.41. The highest BCUT2D eigenvalue weighted by Crippen LogP contribution is 2.45. The fourth-order valence-electron chi connectivity index (χ4n) is 4.83. The van der Waals surface area contributed by atoms with Crippen molar-refractivity contribution >= 4 is 68.9 Å². The third-order valence-corrected chi connectivity index (χ3v) is 9.27. The van der Waals surface area contributed by atoms with Crippen molar-refractivity contribution in [3.05, 3.63) is 105 Å². The molecule has 0 saturated carbocycles. The Kier molecular flexibility index (Phi) is 7.31. The fraction of sp³-hybridized carbons (Fsp3) is 0.172. The van der Waals surface area contributed by atoms with Gasteiger partial charge in [-0.2, -0.15) is 0 Å². The average Bonchev–Trinajstić information content (AvgIpc) is 3.63. The van der Waals surface area contributed by atoms with Crippen LogP contribution in [-0.2, 0) is 21.8 Å². The molecule has 1 fully saturated rings. The zero-order chi connectivity index (χ0) is 28.0. The smallest absolute Gasteiger partial charge is 0.301 e. The van der Waals surface area contributed by atoms with Crippen LogP contribution in [0.3, 0.4) is 0 Å². The van der Waals surface area contributed by atoms with E-state index in [0.29, 0.717) is 37.7 Å². The van der Waals surface area contributed by atoms with Crippen LogP contribution in [0.2, 0.25) is 10.0 Å². The first-order valence-corrected chi connectivity index (χ1v) is 14.9. The maximum Gasteiger partial charge on any atom is 0.301 e. The van der Waals surface area contributed by atoms with Crippen LogP contribution in [0.15, 0.2) is 76.6 Å². The number of aliphatic hydroxyl groups is 1. The van der Waals surface area contributed by atoms with E-state index < -0.39 is 17.7 Å². The van der Waals surface area contributed by atoms with Crippen molar-refractivity contribution in [1.29, 1.82) is 0 Å². The summed E-state index contributed by atoms with van der Waals surface area (Å²) in [6.45, 7) is 1.97. The van der Waals surface area contributed by atoms with Gasteiger partial charge in [0.25, 0.3) is 5.78 Å². The number of carbonyl (C=O) groups excluding carboxylic acids is 2. The molecule has 2 unspecified atom stereocenters. The van der Waals surface area contributed by atoms with Crippen molar-refractivity contribution in [1.82, 2.24) is 10.2 Å². The lowest BCUT2D eigenvalue weighted by atomic mass is 9.94. The number of ether oxygens (including phenoxy) is 1. The number of aromatic nitrogens is 2. The fourth-order valence-corrected chi connectivity index (χ4v) is 6.98. The van der Waals surface area contributed by atoms with E-state index in [-0.39, 0.29) is 22.6 Å². The maximum atomic E-state index is 13.5. The summed E-state index contributed by atoms with van der Waals surface area (Å²) in [5.41, 5.74) is 2.94. The van der Waals surface area contributed by atoms with E-state index >= 15 is 0 Å². The number of halogens is 2. The third kappa shape index (κ3) is 5.10. The lowest BCUT2D eigenvalue weighted by molar-refractivity contribution is -0.132. The van der Waals surface area contributed by atoms with Gasteiger partial charge in [0.1, 0.15) is 17.6 Å². The molecule has 2 atom stereocenters. The van der Waals surface area contributed by atoms with Crippen molar-refractivity contribution in [2.45, 2.75) is 35.6 Å². The van der Waals surface area contributed by atoms with Crippen LogP contribution in [0.25, 0.3) is 5.76 Å². The molecule has 11 heteroatoms. The number of aliphatic hydroxyl groups excluding tert-OH is 1. The molecule has 3 heterocycles. The number of anilines is 1. The minimum Gasteiger partial charge on any atom is -0.507 e. The Morgan fingerprint density at radius 3 is 2.65 bits per heavy atom. The van der Waals surface area contributed by atoms with Gasteiger partial charge in [-0.1, -0.05) is 70.6 Å². The topological polar surface area (TPSA) is 92.6 Å². The number of fused-ring (bicyclic) bond motifs is 1. The second-order valence-electron chi connectivity index (χ2n) is 9.44. The van der Waals surface area contributed by atoms with Gasteiger partial charge >= 0.3 is 5.91 Å². The summed E-state index contributed by atoms with van der Waals surface area (Å²) in [6, 6.07) is 18.7. The van der Waals surface area contributed by atoms with Gasteiger partial charge in [0.05, 0.1) is 11.6 Å². The van der Waals surface area contributed by atoms with Crippen molar-refractivity contribution < 1.29 is 19.4 Å². The molecule has 0 aliphatic carbocycles. The molecule has 4 aromatic rings. The molecule has 1 saturated heterocycles. The number of carbonyl (C=O) groups is 2. The number of hydrogen-bond donors (Lipinski definition) is 1. The molecule has 6 rings (SSSR count). The minimum atomic E-state index is -0.941. The Morgan fingerprint density at radius 1 is 1.07 bits per heavy atom. The molecule has 3 aromatic carbocycles. The SMILES string of the molecule is CC1Cc2cc(/C(O)=C3\C(=O)C(=O)N(c4nnc(SCc5ccc(Cl)cc5)s4)C3c3cccc(Cl)c3)ccc2O1. The number of amides is 1.